The summed E-state index contributed by atoms with van der Waals surface area (Å²) >= 11 is 14.7. The predicted molar refractivity (Wildman–Crippen MR) is 127 cm³/mol. The van der Waals surface area contributed by atoms with E-state index in [9.17, 15) is 0 Å². The number of hydrogen-bond donors (Lipinski definition) is 1. The molecule has 3 heterocycles. The maximum Gasteiger partial charge on any atom is 0.0888 e. The third-order valence-electron chi connectivity index (χ3n) is 5.86. The highest BCUT2D eigenvalue weighted by molar-refractivity contribution is 7.99. The van der Waals surface area contributed by atoms with Crippen molar-refractivity contribution in [3.63, 3.8) is 0 Å². The van der Waals surface area contributed by atoms with Gasteiger partial charge in [0, 0.05) is 49.8 Å². The van der Waals surface area contributed by atoms with Gasteiger partial charge >= 0.3 is 0 Å². The molecule has 2 atom stereocenters. The van der Waals surface area contributed by atoms with Crippen LogP contribution in [0.15, 0.2) is 82.9 Å². The molecule has 0 amide bonds. The van der Waals surface area contributed by atoms with Crippen LogP contribution in [0.1, 0.15) is 17.2 Å². The maximum absolute atomic E-state index is 6.53. The van der Waals surface area contributed by atoms with Gasteiger partial charge in [-0.05, 0) is 30.3 Å². The minimum absolute atomic E-state index is 0.0944. The molecule has 3 aromatic carbocycles. The summed E-state index contributed by atoms with van der Waals surface area (Å²) in [6.45, 7) is 0. The minimum Gasteiger partial charge on any atom is -0.361 e. The highest BCUT2D eigenvalue weighted by Gasteiger charge is 2.44. The Balaban J connectivity index is 1.56. The number of nitrogens with one attached hydrogen (secondary N) is 1. The van der Waals surface area contributed by atoms with E-state index in [1.165, 1.54) is 10.9 Å². The molecule has 6 rings (SSSR count). The lowest BCUT2D eigenvalue weighted by Crippen LogP contribution is -2.29. The van der Waals surface area contributed by atoms with Gasteiger partial charge in [-0.15, -0.1) is 11.8 Å². The van der Waals surface area contributed by atoms with E-state index in [2.05, 4.69) is 64.7 Å². The van der Waals surface area contributed by atoms with Crippen LogP contribution in [0.2, 0.25) is 10.0 Å². The van der Waals surface area contributed by atoms with Crippen LogP contribution in [-0.4, -0.2) is 16.4 Å². The van der Waals surface area contributed by atoms with Gasteiger partial charge in [0.2, 0.25) is 0 Å². The molecule has 0 radical (unpaired) electrons. The second-order valence-electron chi connectivity index (χ2n) is 7.58. The average Bonchev–Trinajstić information content (AvgIpc) is 3.35. The summed E-state index contributed by atoms with van der Waals surface area (Å²) in [6, 6.07) is 22.7. The molecule has 1 N–H and O–H groups in total. The molecule has 3 nitrogen and oxygen atoms in total. The van der Waals surface area contributed by atoms with Crippen LogP contribution in [0.5, 0.6) is 0 Å². The van der Waals surface area contributed by atoms with E-state index in [-0.39, 0.29) is 12.0 Å². The van der Waals surface area contributed by atoms with Crippen LogP contribution < -0.4 is 5.01 Å². The average molecular weight is 450 g/mol. The predicted octanol–water partition coefficient (Wildman–Crippen LogP) is 7.16. The van der Waals surface area contributed by atoms with E-state index in [1.54, 1.807) is 11.8 Å². The lowest BCUT2D eigenvalue weighted by atomic mass is 9.87. The number of nitrogens with zero attached hydrogens (tertiary/aromatic N) is 2. The fraction of sp³-hybridized carbons (Fsp3) is 0.125. The fourth-order valence-corrected chi connectivity index (χ4v) is 6.41. The van der Waals surface area contributed by atoms with E-state index in [4.69, 9.17) is 28.3 Å². The van der Waals surface area contributed by atoms with Gasteiger partial charge in [0.1, 0.15) is 0 Å². The first-order valence-corrected chi connectivity index (χ1v) is 11.6. The topological polar surface area (TPSA) is 31.4 Å². The SMILES string of the molecule is Clc1cc(Cl)c2c(c1)C1=NN(c3ccccc3)C(c3c[nH]c4ccccc34)C1CS2. The quantitative estimate of drug-likeness (QED) is 0.351. The van der Waals surface area contributed by atoms with E-state index in [0.717, 1.165) is 33.1 Å². The minimum atomic E-state index is 0.0944. The fourth-order valence-electron chi connectivity index (χ4n) is 4.55. The van der Waals surface area contributed by atoms with Crippen LogP contribution in [0, 0.1) is 5.92 Å². The van der Waals surface area contributed by atoms with E-state index in [1.807, 2.05) is 18.2 Å². The number of aromatic amines is 1. The number of halogens is 2. The van der Waals surface area contributed by atoms with E-state index in [0.29, 0.717) is 10.0 Å². The van der Waals surface area contributed by atoms with Gasteiger partial charge in [-0.1, -0.05) is 59.6 Å². The van der Waals surface area contributed by atoms with Crippen molar-refractivity contribution in [2.24, 2.45) is 11.0 Å². The first kappa shape index (κ1) is 18.4. The molecule has 30 heavy (non-hydrogen) atoms. The zero-order valence-corrected chi connectivity index (χ0v) is 18.2. The van der Waals surface area contributed by atoms with Gasteiger partial charge in [0.15, 0.2) is 0 Å². The molecule has 2 aliphatic rings. The van der Waals surface area contributed by atoms with Crippen molar-refractivity contribution >= 4 is 57.3 Å². The van der Waals surface area contributed by atoms with Crippen LogP contribution in [0.3, 0.4) is 0 Å². The molecule has 0 aliphatic carbocycles. The Morgan fingerprint density at radius 2 is 1.80 bits per heavy atom. The smallest absolute Gasteiger partial charge is 0.0888 e. The first-order chi connectivity index (χ1) is 14.7. The maximum atomic E-state index is 6.53. The number of thioether (sulfide) groups is 1. The zero-order chi connectivity index (χ0) is 20.2. The number of rotatable bonds is 2. The van der Waals surface area contributed by atoms with Crippen LogP contribution >= 0.6 is 35.0 Å². The molecule has 0 saturated carbocycles. The molecular formula is C24H17Cl2N3S. The largest absolute Gasteiger partial charge is 0.361 e. The summed E-state index contributed by atoms with van der Waals surface area (Å²) in [5, 5.41) is 9.90. The Morgan fingerprint density at radius 3 is 2.67 bits per heavy atom. The summed E-state index contributed by atoms with van der Waals surface area (Å²) in [7, 11) is 0. The summed E-state index contributed by atoms with van der Waals surface area (Å²) < 4.78 is 0. The Labute approximate surface area is 188 Å². The zero-order valence-electron chi connectivity index (χ0n) is 15.8. The second kappa shape index (κ2) is 7.09. The Hall–Kier alpha value is -2.40. The molecular weight excluding hydrogens is 433 g/mol. The van der Waals surface area contributed by atoms with Crippen LogP contribution in [0.25, 0.3) is 10.9 Å². The highest BCUT2D eigenvalue weighted by atomic mass is 35.5. The van der Waals surface area contributed by atoms with Crippen LogP contribution in [0.4, 0.5) is 5.69 Å². The Kier molecular flexibility index (Phi) is 4.34. The van der Waals surface area contributed by atoms with Gasteiger partial charge in [-0.3, -0.25) is 5.01 Å². The summed E-state index contributed by atoms with van der Waals surface area (Å²) in [6.07, 6.45) is 2.13. The van der Waals surface area contributed by atoms with Gasteiger partial charge in [-0.25, -0.2) is 0 Å². The molecule has 0 bridgehead atoms. The first-order valence-electron chi connectivity index (χ1n) is 9.82. The lowest BCUT2D eigenvalue weighted by Gasteiger charge is -2.30. The molecule has 0 saturated heterocycles. The standard InChI is InChI=1S/C24H17Cl2N3S/c25-14-10-17-22-19(13-30-24(17)20(26)11-14)23(29(28-22)15-6-2-1-3-7-15)18-12-27-21-9-5-4-8-16(18)21/h1-12,19,23,27H,13H2. The third-order valence-corrected chi connectivity index (χ3v) is 7.75. The van der Waals surface area contributed by atoms with Gasteiger partial charge in [0.25, 0.3) is 0 Å². The summed E-state index contributed by atoms with van der Waals surface area (Å²) in [4.78, 5) is 4.52. The molecule has 148 valence electrons. The number of hydrogen-bond acceptors (Lipinski definition) is 3. The Morgan fingerprint density at radius 1 is 1.00 bits per heavy atom. The van der Waals surface area contributed by atoms with Crippen molar-refractivity contribution < 1.29 is 0 Å². The molecule has 1 aromatic heterocycles. The summed E-state index contributed by atoms with van der Waals surface area (Å²) in [5.41, 5.74) is 5.60. The van der Waals surface area contributed by atoms with Gasteiger partial charge in [0.05, 0.1) is 22.5 Å². The number of aromatic nitrogens is 1. The Bertz CT molecular complexity index is 1300. The summed E-state index contributed by atoms with van der Waals surface area (Å²) in [5.74, 6) is 1.15. The van der Waals surface area contributed by atoms with Crippen molar-refractivity contribution in [3.05, 3.63) is 94.1 Å². The van der Waals surface area contributed by atoms with E-state index >= 15 is 0 Å². The van der Waals surface area contributed by atoms with Gasteiger partial charge in [-0.2, -0.15) is 5.10 Å². The highest BCUT2D eigenvalue weighted by Crippen LogP contribution is 2.50. The number of fused-ring (bicyclic) bond motifs is 4. The van der Waals surface area contributed by atoms with Crippen molar-refractivity contribution in [1.29, 1.82) is 0 Å². The van der Waals surface area contributed by atoms with Crippen molar-refractivity contribution in [2.75, 3.05) is 10.8 Å². The molecule has 6 heteroatoms. The molecule has 4 aromatic rings. The number of para-hydroxylation sites is 2. The number of anilines is 1. The normalized spacial score (nSPS) is 20.2. The van der Waals surface area contributed by atoms with E-state index < -0.39 is 0 Å². The monoisotopic (exact) mass is 449 g/mol. The van der Waals surface area contributed by atoms with Crippen molar-refractivity contribution in [2.45, 2.75) is 10.9 Å². The lowest BCUT2D eigenvalue weighted by molar-refractivity contribution is 0.597. The molecule has 2 unspecified atom stereocenters. The van der Waals surface area contributed by atoms with Crippen molar-refractivity contribution in [1.82, 2.24) is 4.98 Å². The number of hydrazone groups is 1. The molecule has 0 fully saturated rings. The van der Waals surface area contributed by atoms with Gasteiger partial charge < -0.3 is 4.98 Å². The molecule has 0 spiro atoms. The molecule has 2 aliphatic heterocycles. The second-order valence-corrected chi connectivity index (χ2v) is 9.46. The number of H-pyrrole nitrogens is 1. The number of benzene rings is 3. The van der Waals surface area contributed by atoms with Crippen molar-refractivity contribution in [3.8, 4) is 0 Å². The third kappa shape index (κ3) is 2.78. The van der Waals surface area contributed by atoms with Crippen LogP contribution in [-0.2, 0) is 0 Å².